The first-order valence-corrected chi connectivity index (χ1v) is 9.23. The molecule has 2 aromatic rings. The number of halogens is 1. The van der Waals surface area contributed by atoms with Crippen LogP contribution in [0.2, 0.25) is 0 Å². The van der Waals surface area contributed by atoms with Gasteiger partial charge in [-0.15, -0.1) is 0 Å². The van der Waals surface area contributed by atoms with Crippen molar-refractivity contribution in [2.75, 3.05) is 13.2 Å². The van der Waals surface area contributed by atoms with E-state index in [1.165, 1.54) is 12.1 Å². The molecule has 1 unspecified atom stereocenters. The molecule has 0 radical (unpaired) electrons. The maximum Gasteiger partial charge on any atom is 0.144 e. The van der Waals surface area contributed by atoms with Gasteiger partial charge >= 0.3 is 0 Å². The van der Waals surface area contributed by atoms with Gasteiger partial charge in [0.2, 0.25) is 0 Å². The highest BCUT2D eigenvalue weighted by atomic mass is 19.1. The smallest absolute Gasteiger partial charge is 0.144 e. The molecule has 0 aliphatic rings. The van der Waals surface area contributed by atoms with E-state index in [9.17, 15) is 4.39 Å². The summed E-state index contributed by atoms with van der Waals surface area (Å²) in [7, 11) is 0. The molecule has 2 rings (SSSR count). The number of nitriles is 1. The van der Waals surface area contributed by atoms with E-state index in [1.807, 2.05) is 38.1 Å². The molecule has 0 saturated carbocycles. The van der Waals surface area contributed by atoms with Crippen LogP contribution in [0.1, 0.15) is 31.9 Å². The average Bonchev–Trinajstić information content (AvgIpc) is 2.64. The van der Waals surface area contributed by atoms with Gasteiger partial charge in [0.1, 0.15) is 36.6 Å². The Balaban J connectivity index is 1.81. The van der Waals surface area contributed by atoms with E-state index in [4.69, 9.17) is 19.5 Å². The lowest BCUT2D eigenvalue weighted by Gasteiger charge is -2.16. The molecule has 0 heterocycles. The van der Waals surface area contributed by atoms with Crippen molar-refractivity contribution in [2.45, 2.75) is 39.4 Å². The number of hydrogen-bond donors (Lipinski definition) is 0. The SMILES string of the molecule is C=C(COc1cccc(CC(C)OC(C)C)c1)COc1ccc(C#N)c(F)c1. The second-order valence-electron chi connectivity index (χ2n) is 6.93. The minimum absolute atomic E-state index is 0.0116. The summed E-state index contributed by atoms with van der Waals surface area (Å²) >= 11 is 0. The molecule has 28 heavy (non-hydrogen) atoms. The largest absolute Gasteiger partial charge is 0.489 e. The van der Waals surface area contributed by atoms with Crippen molar-refractivity contribution in [1.29, 1.82) is 5.26 Å². The Kier molecular flexibility index (Phi) is 8.03. The van der Waals surface area contributed by atoms with Crippen LogP contribution in [-0.4, -0.2) is 25.4 Å². The van der Waals surface area contributed by atoms with Gasteiger partial charge in [0.05, 0.1) is 17.8 Å². The Hall–Kier alpha value is -2.84. The molecule has 0 spiro atoms. The van der Waals surface area contributed by atoms with Gasteiger partial charge < -0.3 is 14.2 Å². The van der Waals surface area contributed by atoms with Crippen molar-refractivity contribution in [3.8, 4) is 17.6 Å². The highest BCUT2D eigenvalue weighted by molar-refractivity contribution is 5.36. The molecular weight excluding hydrogens is 357 g/mol. The maximum atomic E-state index is 13.6. The fourth-order valence-corrected chi connectivity index (χ4v) is 2.70. The standard InChI is InChI=1S/C23H26FNO3/c1-16(2)28-18(4)10-19-6-5-7-21(11-19)26-14-17(3)15-27-22-9-8-20(13-25)23(24)12-22/h5-9,11-12,16,18H,3,10,14-15H2,1-2,4H3. The monoisotopic (exact) mass is 383 g/mol. The molecule has 4 nitrogen and oxygen atoms in total. The first kappa shape index (κ1) is 21.5. The number of nitrogens with zero attached hydrogens (tertiary/aromatic N) is 1. The van der Waals surface area contributed by atoms with Crippen LogP contribution < -0.4 is 9.47 Å². The summed E-state index contributed by atoms with van der Waals surface area (Å²) in [5.41, 5.74) is 1.84. The van der Waals surface area contributed by atoms with Gasteiger partial charge in [-0.3, -0.25) is 0 Å². The molecule has 0 amide bonds. The predicted octanol–water partition coefficient (Wildman–Crippen LogP) is 5.07. The zero-order chi connectivity index (χ0) is 20.5. The van der Waals surface area contributed by atoms with Crippen LogP contribution in [0.3, 0.4) is 0 Å². The van der Waals surface area contributed by atoms with E-state index >= 15 is 0 Å². The second-order valence-corrected chi connectivity index (χ2v) is 6.93. The first-order chi connectivity index (χ1) is 13.4. The van der Waals surface area contributed by atoms with Crippen LogP contribution >= 0.6 is 0 Å². The summed E-state index contributed by atoms with van der Waals surface area (Å²) in [5.74, 6) is 0.493. The molecule has 0 N–H and O–H groups in total. The Morgan fingerprint density at radius 3 is 2.36 bits per heavy atom. The summed E-state index contributed by atoms with van der Waals surface area (Å²) in [6.45, 7) is 10.5. The fraction of sp³-hybridized carbons (Fsp3) is 0.348. The Morgan fingerprint density at radius 2 is 1.75 bits per heavy atom. The Morgan fingerprint density at radius 1 is 1.07 bits per heavy atom. The molecule has 5 heteroatoms. The van der Waals surface area contributed by atoms with E-state index in [0.29, 0.717) is 17.9 Å². The zero-order valence-electron chi connectivity index (χ0n) is 16.6. The van der Waals surface area contributed by atoms with E-state index in [1.54, 1.807) is 12.1 Å². The summed E-state index contributed by atoms with van der Waals surface area (Å²) in [4.78, 5) is 0. The quantitative estimate of drug-likeness (QED) is 0.538. The third-order valence-electron chi connectivity index (χ3n) is 3.87. The summed E-state index contributed by atoms with van der Waals surface area (Å²) < 4.78 is 30.6. The second kappa shape index (κ2) is 10.5. The van der Waals surface area contributed by atoms with E-state index < -0.39 is 5.82 Å². The maximum absolute atomic E-state index is 13.6. The average molecular weight is 383 g/mol. The van der Waals surface area contributed by atoms with Crippen LogP contribution in [-0.2, 0) is 11.2 Å². The third kappa shape index (κ3) is 7.05. The highest BCUT2D eigenvalue weighted by Gasteiger charge is 2.08. The number of benzene rings is 2. The van der Waals surface area contributed by atoms with Crippen molar-refractivity contribution < 1.29 is 18.6 Å². The molecule has 0 aliphatic heterocycles. The van der Waals surface area contributed by atoms with Crippen LogP contribution in [0.4, 0.5) is 4.39 Å². The lowest BCUT2D eigenvalue weighted by molar-refractivity contribution is 0.0194. The van der Waals surface area contributed by atoms with Crippen LogP contribution in [0, 0.1) is 17.1 Å². The summed E-state index contributed by atoms with van der Waals surface area (Å²) in [6.07, 6.45) is 1.14. The van der Waals surface area contributed by atoms with E-state index in [2.05, 4.69) is 13.5 Å². The fourth-order valence-electron chi connectivity index (χ4n) is 2.70. The molecular formula is C23H26FNO3. The Bertz CT molecular complexity index is 842. The topological polar surface area (TPSA) is 51.5 Å². The highest BCUT2D eigenvalue weighted by Crippen LogP contribution is 2.18. The summed E-state index contributed by atoms with van der Waals surface area (Å²) in [5, 5.41) is 8.74. The van der Waals surface area contributed by atoms with Crippen molar-refractivity contribution >= 4 is 0 Å². The molecule has 0 aromatic heterocycles. The van der Waals surface area contributed by atoms with E-state index in [0.717, 1.165) is 17.7 Å². The molecule has 1 atom stereocenters. The van der Waals surface area contributed by atoms with Gasteiger partial charge in [-0.2, -0.15) is 5.26 Å². The first-order valence-electron chi connectivity index (χ1n) is 9.23. The van der Waals surface area contributed by atoms with Crippen molar-refractivity contribution in [3.63, 3.8) is 0 Å². The van der Waals surface area contributed by atoms with Crippen LogP contribution in [0.25, 0.3) is 0 Å². The molecule has 0 saturated heterocycles. The predicted molar refractivity (Wildman–Crippen MR) is 107 cm³/mol. The number of rotatable bonds is 10. The van der Waals surface area contributed by atoms with Crippen LogP contribution in [0.15, 0.2) is 54.6 Å². The molecule has 0 aliphatic carbocycles. The van der Waals surface area contributed by atoms with Crippen molar-refractivity contribution in [2.24, 2.45) is 0 Å². The minimum atomic E-state index is -0.602. The molecule has 148 valence electrons. The zero-order valence-corrected chi connectivity index (χ0v) is 16.6. The number of hydrogen-bond acceptors (Lipinski definition) is 4. The molecule has 0 bridgehead atoms. The van der Waals surface area contributed by atoms with Crippen molar-refractivity contribution in [1.82, 2.24) is 0 Å². The van der Waals surface area contributed by atoms with Gasteiger partial charge in [-0.05, 0) is 62.6 Å². The lowest BCUT2D eigenvalue weighted by atomic mass is 10.1. The normalized spacial score (nSPS) is 11.7. The van der Waals surface area contributed by atoms with Gasteiger partial charge in [-0.25, -0.2) is 4.39 Å². The van der Waals surface area contributed by atoms with Gasteiger partial charge in [-0.1, -0.05) is 18.7 Å². The number of ether oxygens (including phenoxy) is 3. The van der Waals surface area contributed by atoms with Gasteiger partial charge in [0.25, 0.3) is 0 Å². The van der Waals surface area contributed by atoms with Gasteiger partial charge in [0.15, 0.2) is 0 Å². The molecule has 2 aromatic carbocycles. The van der Waals surface area contributed by atoms with Gasteiger partial charge in [0, 0.05) is 6.07 Å². The van der Waals surface area contributed by atoms with Crippen LogP contribution in [0.5, 0.6) is 11.5 Å². The lowest BCUT2D eigenvalue weighted by Crippen LogP contribution is -2.16. The Labute approximate surface area is 166 Å². The van der Waals surface area contributed by atoms with Crippen molar-refractivity contribution in [3.05, 3.63) is 71.6 Å². The minimum Gasteiger partial charge on any atom is -0.489 e. The summed E-state index contributed by atoms with van der Waals surface area (Å²) in [6, 6.07) is 13.8. The molecule has 0 fully saturated rings. The van der Waals surface area contributed by atoms with E-state index in [-0.39, 0.29) is 24.4 Å². The third-order valence-corrected chi connectivity index (χ3v) is 3.87.